The van der Waals surface area contributed by atoms with Crippen LogP contribution >= 0.6 is 11.6 Å². The number of halogens is 3. The maximum absolute atomic E-state index is 16.4. The molecule has 3 aromatic carbocycles. The molecule has 1 aromatic heterocycles. The highest BCUT2D eigenvalue weighted by atomic mass is 35.5. The fourth-order valence-corrected chi connectivity index (χ4v) is 6.56. The average molecular weight is 537 g/mol. The third-order valence-corrected chi connectivity index (χ3v) is 8.31. The van der Waals surface area contributed by atoms with Crippen molar-refractivity contribution in [3.05, 3.63) is 76.1 Å². The van der Waals surface area contributed by atoms with Crippen LogP contribution in [0.2, 0.25) is 5.02 Å². The first-order valence-electron chi connectivity index (χ1n) is 12.5. The second-order valence-corrected chi connectivity index (χ2v) is 10.3. The molecule has 2 atom stereocenters. The van der Waals surface area contributed by atoms with E-state index < -0.39 is 23.1 Å². The summed E-state index contributed by atoms with van der Waals surface area (Å²) in [6, 6.07) is 10.9. The van der Waals surface area contributed by atoms with Gasteiger partial charge in [0.05, 0.1) is 29.5 Å². The van der Waals surface area contributed by atoms with Gasteiger partial charge in [0.25, 0.3) is 5.91 Å². The van der Waals surface area contributed by atoms with Gasteiger partial charge in [-0.3, -0.25) is 4.79 Å². The van der Waals surface area contributed by atoms with Crippen LogP contribution in [-0.2, 0) is 18.6 Å². The summed E-state index contributed by atoms with van der Waals surface area (Å²) in [6.45, 7) is 1.48. The quantitative estimate of drug-likeness (QED) is 0.394. The van der Waals surface area contributed by atoms with Gasteiger partial charge in [-0.1, -0.05) is 41.9 Å². The highest BCUT2D eigenvalue weighted by Crippen LogP contribution is 2.53. The first-order chi connectivity index (χ1) is 18.4. The zero-order chi connectivity index (χ0) is 26.2. The minimum absolute atomic E-state index is 0.0330. The lowest BCUT2D eigenvalue weighted by Gasteiger charge is -2.35. The average Bonchev–Trinajstić information content (AvgIpc) is 3.67. The molecular weight excluding hydrogens is 514 g/mol. The van der Waals surface area contributed by atoms with Crippen molar-refractivity contribution in [3.8, 4) is 22.6 Å². The van der Waals surface area contributed by atoms with Crippen LogP contribution in [0.1, 0.15) is 34.3 Å². The van der Waals surface area contributed by atoms with Crippen molar-refractivity contribution in [3.63, 3.8) is 0 Å². The molecule has 0 spiro atoms. The normalized spacial score (nSPS) is 21.8. The summed E-state index contributed by atoms with van der Waals surface area (Å²) in [6.07, 6.45) is 3.59. The molecule has 10 heteroatoms. The lowest BCUT2D eigenvalue weighted by atomic mass is 9.80. The molecule has 7 nitrogen and oxygen atoms in total. The van der Waals surface area contributed by atoms with E-state index in [1.807, 2.05) is 30.3 Å². The standard InChI is InChI=1S/C28H23ClF2N4O3/c29-22-16(30)11-17-15(12-28(38-17,18-7-4-8-33-18)14-5-2-1-3-6-14)19(22)20-21(27(32)36)24-25-26(23(20)31)37-10-9-35(25)13-34-24/h1-3,5-6,11,13,18,33H,4,7-10,12H2,(H2,32,36)/t18-,28-/m0/s1. The summed E-state index contributed by atoms with van der Waals surface area (Å²) < 4.78 is 45.8. The molecule has 4 heterocycles. The Hall–Kier alpha value is -3.69. The number of primary amides is 1. The molecule has 1 fully saturated rings. The van der Waals surface area contributed by atoms with E-state index in [9.17, 15) is 4.79 Å². The first kappa shape index (κ1) is 23.4. The fraction of sp³-hybridized carbons (Fsp3) is 0.286. The van der Waals surface area contributed by atoms with Crippen molar-refractivity contribution < 1.29 is 23.0 Å². The van der Waals surface area contributed by atoms with Crippen molar-refractivity contribution in [1.29, 1.82) is 0 Å². The van der Waals surface area contributed by atoms with E-state index in [4.69, 9.17) is 26.8 Å². The third-order valence-electron chi connectivity index (χ3n) is 7.94. The predicted octanol–water partition coefficient (Wildman–Crippen LogP) is 4.71. The Labute approximate surface area is 221 Å². The van der Waals surface area contributed by atoms with Gasteiger partial charge in [0.2, 0.25) is 0 Å². The molecule has 38 heavy (non-hydrogen) atoms. The van der Waals surface area contributed by atoms with Crippen LogP contribution in [0.4, 0.5) is 8.78 Å². The number of carbonyl (C=O) groups excluding carboxylic acids is 1. The van der Waals surface area contributed by atoms with Crippen LogP contribution < -0.4 is 20.5 Å². The Balaban J connectivity index is 1.52. The largest absolute Gasteiger partial charge is 0.486 e. The zero-order valence-corrected chi connectivity index (χ0v) is 20.9. The second-order valence-electron chi connectivity index (χ2n) is 9.95. The predicted molar refractivity (Wildman–Crippen MR) is 138 cm³/mol. The van der Waals surface area contributed by atoms with Gasteiger partial charge in [0.15, 0.2) is 17.2 Å². The first-order valence-corrected chi connectivity index (χ1v) is 12.9. The Kier molecular flexibility index (Phi) is 5.18. The summed E-state index contributed by atoms with van der Waals surface area (Å²) >= 11 is 6.59. The molecule has 0 aliphatic carbocycles. The summed E-state index contributed by atoms with van der Waals surface area (Å²) in [4.78, 5) is 17.2. The van der Waals surface area contributed by atoms with Gasteiger partial charge in [-0.2, -0.15) is 0 Å². The minimum atomic E-state index is -0.902. The molecule has 3 aliphatic heterocycles. The van der Waals surface area contributed by atoms with Crippen LogP contribution in [0.3, 0.4) is 0 Å². The van der Waals surface area contributed by atoms with Crippen molar-refractivity contribution in [2.75, 3.05) is 13.2 Å². The highest BCUT2D eigenvalue weighted by molar-refractivity contribution is 6.34. The van der Waals surface area contributed by atoms with Gasteiger partial charge in [0.1, 0.15) is 29.2 Å². The molecule has 3 N–H and O–H groups in total. The molecule has 0 bridgehead atoms. The number of ether oxygens (including phenoxy) is 2. The molecule has 0 unspecified atom stereocenters. The van der Waals surface area contributed by atoms with Crippen LogP contribution in [0.5, 0.6) is 11.5 Å². The van der Waals surface area contributed by atoms with Crippen molar-refractivity contribution in [2.24, 2.45) is 5.73 Å². The van der Waals surface area contributed by atoms with Crippen molar-refractivity contribution in [1.82, 2.24) is 14.9 Å². The molecule has 4 aromatic rings. The van der Waals surface area contributed by atoms with Gasteiger partial charge in [-0.05, 0) is 24.9 Å². The topological polar surface area (TPSA) is 91.4 Å². The highest BCUT2D eigenvalue weighted by Gasteiger charge is 2.50. The number of benzene rings is 3. The van der Waals surface area contributed by atoms with E-state index in [0.29, 0.717) is 17.6 Å². The number of rotatable bonds is 4. The molecular formula is C28H23ClF2N4O3. The Morgan fingerprint density at radius 1 is 1.24 bits per heavy atom. The summed E-state index contributed by atoms with van der Waals surface area (Å²) in [5.74, 6) is -2.35. The fourth-order valence-electron chi connectivity index (χ4n) is 6.29. The summed E-state index contributed by atoms with van der Waals surface area (Å²) in [5.41, 5.74) is 6.49. The number of nitrogens with two attached hydrogens (primary N) is 1. The lowest BCUT2D eigenvalue weighted by molar-refractivity contribution is 0.0539. The number of imidazole rings is 1. The van der Waals surface area contributed by atoms with Crippen LogP contribution in [0, 0.1) is 11.6 Å². The van der Waals surface area contributed by atoms with E-state index in [2.05, 4.69) is 10.3 Å². The summed E-state index contributed by atoms with van der Waals surface area (Å²) in [7, 11) is 0. The van der Waals surface area contributed by atoms with Gasteiger partial charge >= 0.3 is 0 Å². The van der Waals surface area contributed by atoms with Gasteiger partial charge in [-0.25, -0.2) is 13.8 Å². The smallest absolute Gasteiger partial charge is 0.251 e. The van der Waals surface area contributed by atoms with E-state index >= 15 is 8.78 Å². The lowest BCUT2D eigenvalue weighted by Crippen LogP contribution is -2.48. The van der Waals surface area contributed by atoms with Gasteiger partial charge in [0, 0.05) is 29.2 Å². The van der Waals surface area contributed by atoms with Crippen LogP contribution in [0.25, 0.3) is 22.2 Å². The molecule has 1 saturated heterocycles. The van der Waals surface area contributed by atoms with Crippen LogP contribution in [-0.4, -0.2) is 34.7 Å². The molecule has 7 rings (SSSR count). The number of fused-ring (bicyclic) bond motifs is 1. The maximum atomic E-state index is 16.4. The monoisotopic (exact) mass is 536 g/mol. The Bertz CT molecular complexity index is 1640. The Morgan fingerprint density at radius 2 is 2.05 bits per heavy atom. The van der Waals surface area contributed by atoms with Gasteiger partial charge < -0.3 is 25.1 Å². The van der Waals surface area contributed by atoms with Gasteiger partial charge in [-0.15, -0.1) is 0 Å². The zero-order valence-electron chi connectivity index (χ0n) is 20.2. The number of carbonyl (C=O) groups is 1. The second kappa shape index (κ2) is 8.41. The van der Waals surface area contributed by atoms with E-state index in [1.54, 1.807) is 4.57 Å². The molecule has 3 aliphatic rings. The number of hydrogen-bond donors (Lipinski definition) is 2. The molecule has 194 valence electrons. The SMILES string of the molecule is NC(=O)c1c(-c2c(Cl)c(F)cc3c2C[C@](c2ccccc2)([C@@H]2CCCN2)O3)c(F)c2c3c1ncn3CCO2. The number of aromatic nitrogens is 2. The van der Waals surface area contributed by atoms with E-state index in [-0.39, 0.29) is 57.8 Å². The van der Waals surface area contributed by atoms with E-state index in [1.165, 1.54) is 12.4 Å². The van der Waals surface area contributed by atoms with Crippen molar-refractivity contribution in [2.45, 2.75) is 37.5 Å². The Morgan fingerprint density at radius 3 is 2.79 bits per heavy atom. The third kappa shape index (κ3) is 3.15. The minimum Gasteiger partial charge on any atom is -0.486 e. The van der Waals surface area contributed by atoms with Crippen molar-refractivity contribution >= 4 is 28.5 Å². The number of hydrogen-bond acceptors (Lipinski definition) is 5. The number of nitrogens with one attached hydrogen (secondary N) is 1. The molecule has 0 saturated carbocycles. The van der Waals surface area contributed by atoms with Crippen LogP contribution in [0.15, 0.2) is 42.7 Å². The molecule has 1 amide bonds. The number of amides is 1. The molecule has 0 radical (unpaired) electrons. The van der Waals surface area contributed by atoms with E-state index in [0.717, 1.165) is 24.9 Å². The maximum Gasteiger partial charge on any atom is 0.251 e. The summed E-state index contributed by atoms with van der Waals surface area (Å²) in [5, 5.41) is 3.20. The number of nitrogens with zero attached hydrogens (tertiary/aromatic N) is 2.